The van der Waals surface area contributed by atoms with Crippen LogP contribution in [0.3, 0.4) is 0 Å². The van der Waals surface area contributed by atoms with Gasteiger partial charge < -0.3 is 10.5 Å². The Balaban J connectivity index is 1.90. The van der Waals surface area contributed by atoms with Crippen LogP contribution in [0.15, 0.2) is 35.7 Å². The van der Waals surface area contributed by atoms with Gasteiger partial charge in [-0.2, -0.15) is 0 Å². The minimum atomic E-state index is 0.136. The van der Waals surface area contributed by atoms with Crippen LogP contribution in [0.1, 0.15) is 28.5 Å². The fourth-order valence-corrected chi connectivity index (χ4v) is 2.71. The van der Waals surface area contributed by atoms with Crippen LogP contribution in [-0.2, 0) is 6.42 Å². The van der Waals surface area contributed by atoms with Crippen molar-refractivity contribution in [1.82, 2.24) is 0 Å². The van der Waals surface area contributed by atoms with Crippen LogP contribution in [-0.4, -0.2) is 7.11 Å². The highest BCUT2D eigenvalue weighted by molar-refractivity contribution is 7.10. The van der Waals surface area contributed by atoms with Crippen molar-refractivity contribution < 1.29 is 4.74 Å². The molecule has 0 aliphatic carbocycles. The Labute approximate surface area is 112 Å². The average Bonchev–Trinajstić information content (AvgIpc) is 2.83. The summed E-state index contributed by atoms with van der Waals surface area (Å²) in [6, 6.07) is 10.5. The Morgan fingerprint density at radius 2 is 2.00 bits per heavy atom. The number of benzene rings is 1. The van der Waals surface area contributed by atoms with Gasteiger partial charge in [-0.1, -0.05) is 12.1 Å². The molecule has 0 bridgehead atoms. The molecule has 2 N–H and O–H groups in total. The number of hydrogen-bond acceptors (Lipinski definition) is 3. The number of thiophene rings is 1. The van der Waals surface area contributed by atoms with Gasteiger partial charge in [-0.25, -0.2) is 0 Å². The summed E-state index contributed by atoms with van der Waals surface area (Å²) in [5.41, 5.74) is 8.75. The first-order valence-electron chi connectivity index (χ1n) is 6.12. The second-order valence-corrected chi connectivity index (χ2v) is 5.60. The van der Waals surface area contributed by atoms with Gasteiger partial charge >= 0.3 is 0 Å². The van der Waals surface area contributed by atoms with Gasteiger partial charge in [0.2, 0.25) is 0 Å². The van der Waals surface area contributed by atoms with E-state index in [-0.39, 0.29) is 6.04 Å². The van der Waals surface area contributed by atoms with E-state index >= 15 is 0 Å². The molecule has 1 heterocycles. The lowest BCUT2D eigenvalue weighted by Gasteiger charge is -2.10. The van der Waals surface area contributed by atoms with Crippen molar-refractivity contribution in [2.45, 2.75) is 25.8 Å². The number of rotatable bonds is 5. The van der Waals surface area contributed by atoms with Gasteiger partial charge in [-0.3, -0.25) is 0 Å². The number of ether oxygens (including phenoxy) is 1. The zero-order valence-corrected chi connectivity index (χ0v) is 11.7. The molecule has 0 radical (unpaired) electrons. The van der Waals surface area contributed by atoms with Crippen LogP contribution in [0.25, 0.3) is 0 Å². The van der Waals surface area contributed by atoms with Crippen molar-refractivity contribution in [3.63, 3.8) is 0 Å². The third-order valence-corrected chi connectivity index (χ3v) is 3.96. The van der Waals surface area contributed by atoms with Gasteiger partial charge in [0.05, 0.1) is 7.11 Å². The van der Waals surface area contributed by atoms with Gasteiger partial charge in [-0.15, -0.1) is 11.3 Å². The molecular weight excluding hydrogens is 242 g/mol. The maximum Gasteiger partial charge on any atom is 0.118 e. The maximum atomic E-state index is 6.19. The minimum absolute atomic E-state index is 0.136. The molecule has 18 heavy (non-hydrogen) atoms. The van der Waals surface area contributed by atoms with E-state index in [1.807, 2.05) is 12.1 Å². The lowest BCUT2D eigenvalue weighted by molar-refractivity contribution is 0.414. The Morgan fingerprint density at radius 1 is 1.28 bits per heavy atom. The summed E-state index contributed by atoms with van der Waals surface area (Å²) in [6.07, 6.45) is 1.97. The van der Waals surface area contributed by atoms with Crippen molar-refractivity contribution in [3.8, 4) is 5.75 Å². The summed E-state index contributed by atoms with van der Waals surface area (Å²) >= 11 is 1.76. The maximum absolute atomic E-state index is 6.19. The lowest BCUT2D eigenvalue weighted by atomic mass is 10.0. The lowest BCUT2D eigenvalue weighted by Crippen LogP contribution is -2.10. The predicted octanol–water partition coefficient (Wildman–Crippen LogP) is 3.70. The van der Waals surface area contributed by atoms with E-state index in [1.165, 1.54) is 16.0 Å². The highest BCUT2D eigenvalue weighted by Gasteiger charge is 2.07. The van der Waals surface area contributed by atoms with E-state index in [9.17, 15) is 0 Å². The average molecular weight is 261 g/mol. The number of nitrogens with two attached hydrogens (primary N) is 1. The van der Waals surface area contributed by atoms with Crippen molar-refractivity contribution in [1.29, 1.82) is 0 Å². The van der Waals surface area contributed by atoms with Gasteiger partial charge in [0, 0.05) is 10.9 Å². The normalized spacial score (nSPS) is 12.4. The van der Waals surface area contributed by atoms with Crippen LogP contribution >= 0.6 is 11.3 Å². The van der Waals surface area contributed by atoms with Crippen LogP contribution in [0.4, 0.5) is 0 Å². The summed E-state index contributed by atoms with van der Waals surface area (Å²) in [5, 5.41) is 2.16. The topological polar surface area (TPSA) is 35.2 Å². The molecule has 1 aromatic heterocycles. The van der Waals surface area contributed by atoms with E-state index in [4.69, 9.17) is 10.5 Å². The molecule has 0 amide bonds. The molecule has 0 spiro atoms. The zero-order valence-electron chi connectivity index (χ0n) is 10.8. The summed E-state index contributed by atoms with van der Waals surface area (Å²) in [7, 11) is 1.68. The van der Waals surface area contributed by atoms with E-state index in [0.29, 0.717) is 0 Å². The Bertz CT molecular complexity index is 489. The Morgan fingerprint density at radius 3 is 2.56 bits per heavy atom. The smallest absolute Gasteiger partial charge is 0.118 e. The van der Waals surface area contributed by atoms with Gasteiger partial charge in [0.25, 0.3) is 0 Å². The molecule has 0 aliphatic rings. The van der Waals surface area contributed by atoms with Crippen molar-refractivity contribution in [2.24, 2.45) is 5.73 Å². The molecule has 1 aromatic carbocycles. The third kappa shape index (κ3) is 3.34. The first-order chi connectivity index (χ1) is 8.69. The van der Waals surface area contributed by atoms with Gasteiger partial charge in [0.15, 0.2) is 0 Å². The SMILES string of the molecule is COc1ccc(CCC(N)c2csc(C)c2)cc1. The fraction of sp³-hybridized carbons (Fsp3) is 0.333. The highest BCUT2D eigenvalue weighted by Crippen LogP contribution is 2.22. The molecule has 2 rings (SSSR count). The largest absolute Gasteiger partial charge is 0.497 e. The molecular formula is C15H19NOS. The van der Waals surface area contributed by atoms with E-state index in [0.717, 1.165) is 18.6 Å². The van der Waals surface area contributed by atoms with Gasteiger partial charge in [0.1, 0.15) is 5.75 Å². The molecule has 0 fully saturated rings. The molecule has 0 aliphatic heterocycles. The van der Waals surface area contributed by atoms with Crippen LogP contribution in [0.5, 0.6) is 5.75 Å². The molecule has 2 nitrogen and oxygen atoms in total. The second-order valence-electron chi connectivity index (χ2n) is 4.48. The highest BCUT2D eigenvalue weighted by atomic mass is 32.1. The van der Waals surface area contributed by atoms with E-state index < -0.39 is 0 Å². The van der Waals surface area contributed by atoms with Crippen LogP contribution in [0, 0.1) is 6.92 Å². The zero-order chi connectivity index (χ0) is 13.0. The minimum Gasteiger partial charge on any atom is -0.497 e. The quantitative estimate of drug-likeness (QED) is 0.890. The van der Waals surface area contributed by atoms with Crippen LogP contribution < -0.4 is 10.5 Å². The fourth-order valence-electron chi connectivity index (χ4n) is 1.94. The Kier molecular flexibility index (Phi) is 4.39. The Hall–Kier alpha value is -1.32. The number of methoxy groups -OCH3 is 1. The standard InChI is InChI=1S/C15H19NOS/c1-11-9-13(10-18-11)15(16)8-5-12-3-6-14(17-2)7-4-12/h3-4,6-7,9-10,15H,5,8,16H2,1-2H3. The molecule has 0 saturated carbocycles. The molecule has 1 unspecified atom stereocenters. The monoisotopic (exact) mass is 261 g/mol. The molecule has 2 aromatic rings. The third-order valence-electron chi connectivity index (χ3n) is 3.08. The van der Waals surface area contributed by atoms with E-state index in [1.54, 1.807) is 18.4 Å². The van der Waals surface area contributed by atoms with Crippen molar-refractivity contribution in [2.75, 3.05) is 7.11 Å². The van der Waals surface area contributed by atoms with Crippen molar-refractivity contribution in [3.05, 3.63) is 51.7 Å². The summed E-state index contributed by atoms with van der Waals surface area (Å²) in [5.74, 6) is 0.900. The summed E-state index contributed by atoms with van der Waals surface area (Å²) in [6.45, 7) is 2.12. The molecule has 96 valence electrons. The first kappa shape index (κ1) is 13.1. The number of aryl methyl sites for hydroxylation is 2. The van der Waals surface area contributed by atoms with Gasteiger partial charge in [-0.05, 0) is 54.5 Å². The molecule has 0 saturated heterocycles. The summed E-state index contributed by atoms with van der Waals surface area (Å²) < 4.78 is 5.14. The summed E-state index contributed by atoms with van der Waals surface area (Å²) in [4.78, 5) is 1.32. The number of hydrogen-bond donors (Lipinski definition) is 1. The first-order valence-corrected chi connectivity index (χ1v) is 7.00. The second kappa shape index (κ2) is 6.03. The van der Waals surface area contributed by atoms with E-state index in [2.05, 4.69) is 30.5 Å². The molecule has 3 heteroatoms. The molecule has 1 atom stereocenters. The van der Waals surface area contributed by atoms with Crippen molar-refractivity contribution >= 4 is 11.3 Å². The predicted molar refractivity (Wildman–Crippen MR) is 77.3 cm³/mol. The van der Waals surface area contributed by atoms with Crippen LogP contribution in [0.2, 0.25) is 0 Å².